The Kier molecular flexibility index (Phi) is 1.51. The number of carboxylic acid groups (broad SMARTS) is 1. The van der Waals surface area contributed by atoms with Crippen molar-refractivity contribution < 1.29 is 9.90 Å². The van der Waals surface area contributed by atoms with Gasteiger partial charge in [0.05, 0.1) is 5.92 Å². The summed E-state index contributed by atoms with van der Waals surface area (Å²) in [6.45, 7) is 4.45. The van der Waals surface area contributed by atoms with Crippen molar-refractivity contribution in [3.63, 3.8) is 0 Å². The molecule has 0 aromatic heterocycles. The van der Waals surface area contributed by atoms with E-state index >= 15 is 0 Å². The van der Waals surface area contributed by atoms with Crippen LogP contribution in [0.3, 0.4) is 0 Å². The quantitative estimate of drug-likeness (QED) is 0.651. The van der Waals surface area contributed by atoms with E-state index in [0.29, 0.717) is 11.3 Å². The minimum atomic E-state index is -0.578. The molecule has 0 aromatic rings. The third kappa shape index (κ3) is 0.838. The molecule has 68 valence electrons. The van der Waals surface area contributed by atoms with Gasteiger partial charge in [0.15, 0.2) is 0 Å². The van der Waals surface area contributed by atoms with Crippen LogP contribution in [0, 0.1) is 23.2 Å². The van der Waals surface area contributed by atoms with E-state index in [4.69, 9.17) is 5.11 Å². The molecule has 12 heavy (non-hydrogen) atoms. The van der Waals surface area contributed by atoms with E-state index < -0.39 is 5.97 Å². The van der Waals surface area contributed by atoms with Crippen molar-refractivity contribution in [3.05, 3.63) is 0 Å². The van der Waals surface area contributed by atoms with Crippen LogP contribution >= 0.6 is 0 Å². The Morgan fingerprint density at radius 1 is 1.42 bits per heavy atom. The SMILES string of the molecule is CC1(C)[C@H]2CCC(C(=O)O)[C@@H]1C2. The molecule has 3 saturated carbocycles. The molecule has 2 heteroatoms. The normalized spacial score (nSPS) is 43.3. The zero-order chi connectivity index (χ0) is 8.93. The second kappa shape index (κ2) is 2.24. The standard InChI is InChI=1S/C10H16O2/c1-10(2)6-3-4-7(9(11)12)8(10)5-6/h6-8H,3-5H2,1-2H3,(H,11,12)/t6-,7?,8-/m0/s1. The first kappa shape index (κ1) is 8.09. The Morgan fingerprint density at radius 2 is 2.08 bits per heavy atom. The van der Waals surface area contributed by atoms with Crippen LogP contribution in [0.4, 0.5) is 0 Å². The van der Waals surface area contributed by atoms with Crippen molar-refractivity contribution in [2.24, 2.45) is 23.2 Å². The lowest BCUT2D eigenvalue weighted by Gasteiger charge is -2.59. The molecular weight excluding hydrogens is 152 g/mol. The highest BCUT2D eigenvalue weighted by molar-refractivity contribution is 5.71. The van der Waals surface area contributed by atoms with E-state index in [1.165, 1.54) is 0 Å². The Morgan fingerprint density at radius 3 is 2.42 bits per heavy atom. The smallest absolute Gasteiger partial charge is 0.306 e. The third-order valence-corrected chi connectivity index (χ3v) is 4.18. The van der Waals surface area contributed by atoms with Crippen LogP contribution in [-0.4, -0.2) is 11.1 Å². The summed E-state index contributed by atoms with van der Waals surface area (Å²) in [6.07, 6.45) is 3.19. The van der Waals surface area contributed by atoms with Crippen LogP contribution in [0.5, 0.6) is 0 Å². The van der Waals surface area contributed by atoms with Gasteiger partial charge in [-0.15, -0.1) is 0 Å². The predicted octanol–water partition coefficient (Wildman–Crippen LogP) is 2.14. The number of carboxylic acids is 1. The van der Waals surface area contributed by atoms with E-state index in [2.05, 4.69) is 13.8 Å². The highest BCUT2D eigenvalue weighted by Crippen LogP contribution is 2.61. The van der Waals surface area contributed by atoms with Gasteiger partial charge >= 0.3 is 5.97 Å². The number of fused-ring (bicyclic) bond motifs is 2. The lowest BCUT2D eigenvalue weighted by Crippen LogP contribution is -2.54. The molecule has 0 amide bonds. The topological polar surface area (TPSA) is 37.3 Å². The zero-order valence-corrected chi connectivity index (χ0v) is 7.71. The maximum Gasteiger partial charge on any atom is 0.306 e. The first-order valence-corrected chi connectivity index (χ1v) is 4.76. The minimum Gasteiger partial charge on any atom is -0.481 e. The summed E-state index contributed by atoms with van der Waals surface area (Å²) in [7, 11) is 0. The molecule has 3 fully saturated rings. The summed E-state index contributed by atoms with van der Waals surface area (Å²) in [6, 6.07) is 0. The van der Waals surface area contributed by atoms with Gasteiger partial charge in [-0.05, 0) is 36.5 Å². The van der Waals surface area contributed by atoms with E-state index in [0.717, 1.165) is 25.2 Å². The van der Waals surface area contributed by atoms with Crippen molar-refractivity contribution in [3.8, 4) is 0 Å². The first-order valence-electron chi connectivity index (χ1n) is 4.76. The predicted molar refractivity (Wildman–Crippen MR) is 45.7 cm³/mol. The molecule has 0 heterocycles. The number of aliphatic carboxylic acids is 1. The van der Waals surface area contributed by atoms with E-state index in [1.54, 1.807) is 0 Å². The molecule has 1 N–H and O–H groups in total. The minimum absolute atomic E-state index is 0.0509. The van der Waals surface area contributed by atoms with Crippen LogP contribution in [0.15, 0.2) is 0 Å². The molecule has 1 unspecified atom stereocenters. The molecule has 0 spiro atoms. The largest absolute Gasteiger partial charge is 0.481 e. The Balaban J connectivity index is 2.16. The van der Waals surface area contributed by atoms with Gasteiger partial charge in [-0.25, -0.2) is 0 Å². The lowest BCUT2D eigenvalue weighted by molar-refractivity contribution is -0.164. The van der Waals surface area contributed by atoms with Crippen molar-refractivity contribution in [2.75, 3.05) is 0 Å². The first-order chi connectivity index (χ1) is 5.53. The molecule has 3 aliphatic carbocycles. The highest BCUT2D eigenvalue weighted by atomic mass is 16.4. The second-order valence-corrected chi connectivity index (χ2v) is 4.88. The number of hydrogen-bond acceptors (Lipinski definition) is 1. The average Bonchev–Trinajstić information content (AvgIpc) is 2.04. The summed E-state index contributed by atoms with van der Waals surface area (Å²) in [5.41, 5.74) is 0.307. The molecule has 2 bridgehead atoms. The lowest BCUT2D eigenvalue weighted by atomic mass is 9.45. The van der Waals surface area contributed by atoms with Crippen LogP contribution in [-0.2, 0) is 4.79 Å². The van der Waals surface area contributed by atoms with Gasteiger partial charge in [0.25, 0.3) is 0 Å². The van der Waals surface area contributed by atoms with Crippen LogP contribution in [0.25, 0.3) is 0 Å². The fraction of sp³-hybridized carbons (Fsp3) is 0.900. The molecule has 0 saturated heterocycles. The number of hydrogen-bond donors (Lipinski definition) is 1. The molecule has 0 aromatic carbocycles. The summed E-state index contributed by atoms with van der Waals surface area (Å²) in [5.74, 6) is 0.628. The van der Waals surface area contributed by atoms with Crippen LogP contribution in [0.2, 0.25) is 0 Å². The van der Waals surface area contributed by atoms with Gasteiger partial charge in [-0.3, -0.25) is 4.79 Å². The monoisotopic (exact) mass is 168 g/mol. The average molecular weight is 168 g/mol. The molecule has 3 aliphatic rings. The highest BCUT2D eigenvalue weighted by Gasteiger charge is 2.56. The van der Waals surface area contributed by atoms with Gasteiger partial charge < -0.3 is 5.11 Å². The zero-order valence-electron chi connectivity index (χ0n) is 7.71. The van der Waals surface area contributed by atoms with Gasteiger partial charge in [-0.2, -0.15) is 0 Å². The molecule has 2 nitrogen and oxygen atoms in total. The number of rotatable bonds is 1. The molecule has 3 atom stereocenters. The maximum atomic E-state index is 10.9. The van der Waals surface area contributed by atoms with Gasteiger partial charge in [0.1, 0.15) is 0 Å². The van der Waals surface area contributed by atoms with Crippen LogP contribution < -0.4 is 0 Å². The third-order valence-electron chi connectivity index (χ3n) is 4.18. The van der Waals surface area contributed by atoms with Gasteiger partial charge in [0.2, 0.25) is 0 Å². The van der Waals surface area contributed by atoms with Crippen molar-refractivity contribution >= 4 is 5.97 Å². The summed E-state index contributed by atoms with van der Waals surface area (Å²) in [5, 5.41) is 8.97. The van der Waals surface area contributed by atoms with Crippen molar-refractivity contribution in [2.45, 2.75) is 33.1 Å². The molecule has 3 rings (SSSR count). The molecular formula is C10H16O2. The maximum absolute atomic E-state index is 10.9. The Labute approximate surface area is 73.0 Å². The fourth-order valence-corrected chi connectivity index (χ4v) is 3.11. The fourth-order valence-electron chi connectivity index (χ4n) is 3.11. The second-order valence-electron chi connectivity index (χ2n) is 4.88. The van der Waals surface area contributed by atoms with Crippen molar-refractivity contribution in [1.29, 1.82) is 0 Å². The summed E-state index contributed by atoms with van der Waals surface area (Å²) >= 11 is 0. The van der Waals surface area contributed by atoms with E-state index in [1.807, 2.05) is 0 Å². The van der Waals surface area contributed by atoms with Crippen molar-refractivity contribution in [1.82, 2.24) is 0 Å². The molecule has 0 aliphatic heterocycles. The van der Waals surface area contributed by atoms with E-state index in [9.17, 15) is 4.79 Å². The molecule has 0 radical (unpaired) electrons. The number of carbonyl (C=O) groups is 1. The Bertz CT molecular complexity index is 218. The Hall–Kier alpha value is -0.530. The summed E-state index contributed by atoms with van der Waals surface area (Å²) < 4.78 is 0. The van der Waals surface area contributed by atoms with E-state index in [-0.39, 0.29) is 5.92 Å². The summed E-state index contributed by atoms with van der Waals surface area (Å²) in [4.78, 5) is 10.9. The van der Waals surface area contributed by atoms with Crippen LogP contribution in [0.1, 0.15) is 33.1 Å². The van der Waals surface area contributed by atoms with Gasteiger partial charge in [0, 0.05) is 0 Å². The van der Waals surface area contributed by atoms with Gasteiger partial charge in [-0.1, -0.05) is 13.8 Å².